The Hall–Kier alpha value is -3.68. The van der Waals surface area contributed by atoms with Crippen LogP contribution in [0, 0.1) is 5.92 Å². The molecule has 0 saturated heterocycles. The molecule has 1 saturated carbocycles. The zero-order valence-electron chi connectivity index (χ0n) is 15.1. The van der Waals surface area contributed by atoms with Crippen LogP contribution in [0.5, 0.6) is 5.75 Å². The minimum atomic E-state index is -0.00983. The smallest absolute Gasteiger partial charge is 0.229 e. The highest BCUT2D eigenvalue weighted by Crippen LogP contribution is 2.34. The summed E-state index contributed by atoms with van der Waals surface area (Å²) in [4.78, 5) is 25.2. The topological polar surface area (TPSA) is 116 Å². The van der Waals surface area contributed by atoms with E-state index < -0.39 is 0 Å². The molecule has 0 atom stereocenters. The first-order chi connectivity index (χ1) is 13.6. The van der Waals surface area contributed by atoms with Gasteiger partial charge in [0.05, 0.1) is 12.7 Å². The second-order valence-corrected chi connectivity index (χ2v) is 6.79. The quantitative estimate of drug-likeness (QED) is 0.561. The summed E-state index contributed by atoms with van der Waals surface area (Å²) in [5, 5.41) is 4.28. The van der Waals surface area contributed by atoms with Gasteiger partial charge in [0.25, 0.3) is 0 Å². The Balaban J connectivity index is 1.63. The maximum atomic E-state index is 12.1. The molecule has 1 aliphatic rings. The van der Waals surface area contributed by atoms with Crippen LogP contribution in [0.2, 0.25) is 0 Å². The van der Waals surface area contributed by atoms with Crippen molar-refractivity contribution >= 4 is 39.4 Å². The van der Waals surface area contributed by atoms with E-state index in [-0.39, 0.29) is 11.8 Å². The molecule has 3 heterocycles. The van der Waals surface area contributed by atoms with Crippen molar-refractivity contribution in [3.63, 3.8) is 0 Å². The first kappa shape index (κ1) is 16.5. The molecule has 1 aromatic carbocycles. The lowest BCUT2D eigenvalue weighted by atomic mass is 10.1. The van der Waals surface area contributed by atoms with Gasteiger partial charge in [0, 0.05) is 35.2 Å². The zero-order chi connectivity index (χ0) is 19.3. The van der Waals surface area contributed by atoms with Gasteiger partial charge in [-0.3, -0.25) is 4.79 Å². The number of ether oxygens (including phenoxy) is 1. The Labute approximate surface area is 159 Å². The highest BCUT2D eigenvalue weighted by molar-refractivity contribution is 6.02. The second-order valence-electron chi connectivity index (χ2n) is 6.79. The minimum Gasteiger partial charge on any atom is -0.497 e. The number of nitrogen functional groups attached to an aromatic ring is 1. The molecule has 3 aromatic heterocycles. The molecular formula is C20H17N5O3. The van der Waals surface area contributed by atoms with Crippen molar-refractivity contribution in [2.45, 2.75) is 12.8 Å². The number of methoxy groups -OCH3 is 1. The molecule has 28 heavy (non-hydrogen) atoms. The van der Waals surface area contributed by atoms with Crippen LogP contribution in [0.1, 0.15) is 12.8 Å². The summed E-state index contributed by atoms with van der Waals surface area (Å²) in [6.45, 7) is 0. The molecule has 1 aliphatic carbocycles. The number of carbonyl (C=O) groups is 1. The third kappa shape index (κ3) is 2.79. The number of nitrogens with two attached hydrogens (primary N) is 1. The van der Waals surface area contributed by atoms with E-state index in [0.29, 0.717) is 45.3 Å². The van der Waals surface area contributed by atoms with Crippen LogP contribution in [0.3, 0.4) is 0 Å². The van der Waals surface area contributed by atoms with Crippen LogP contribution in [0.15, 0.2) is 41.1 Å². The third-order valence-electron chi connectivity index (χ3n) is 4.83. The zero-order valence-corrected chi connectivity index (χ0v) is 15.1. The van der Waals surface area contributed by atoms with E-state index in [2.05, 4.69) is 20.3 Å². The van der Waals surface area contributed by atoms with Gasteiger partial charge in [0.2, 0.25) is 11.8 Å². The van der Waals surface area contributed by atoms with Crippen molar-refractivity contribution in [2.75, 3.05) is 18.2 Å². The van der Waals surface area contributed by atoms with Gasteiger partial charge in [-0.15, -0.1) is 0 Å². The highest BCUT2D eigenvalue weighted by Gasteiger charge is 2.30. The van der Waals surface area contributed by atoms with E-state index in [4.69, 9.17) is 14.9 Å². The molecule has 4 aromatic rings. The van der Waals surface area contributed by atoms with Gasteiger partial charge in [0.15, 0.2) is 5.58 Å². The number of carbonyl (C=O) groups excluding carboxylic acids is 1. The number of oxazole rings is 1. The fourth-order valence-corrected chi connectivity index (χ4v) is 3.12. The predicted molar refractivity (Wildman–Crippen MR) is 105 cm³/mol. The Morgan fingerprint density at radius 2 is 2.07 bits per heavy atom. The van der Waals surface area contributed by atoms with Crippen molar-refractivity contribution in [1.82, 2.24) is 15.0 Å². The molecule has 8 nitrogen and oxygen atoms in total. The van der Waals surface area contributed by atoms with E-state index in [1.54, 1.807) is 37.7 Å². The van der Waals surface area contributed by atoms with E-state index >= 15 is 0 Å². The first-order valence-electron chi connectivity index (χ1n) is 8.92. The fourth-order valence-electron chi connectivity index (χ4n) is 3.12. The minimum absolute atomic E-state index is 0.00983. The van der Waals surface area contributed by atoms with E-state index in [1.807, 2.05) is 6.07 Å². The Bertz CT molecular complexity index is 1230. The van der Waals surface area contributed by atoms with Crippen molar-refractivity contribution in [2.24, 2.45) is 5.92 Å². The van der Waals surface area contributed by atoms with Crippen molar-refractivity contribution < 1.29 is 13.9 Å². The van der Waals surface area contributed by atoms with Crippen molar-refractivity contribution in [3.8, 4) is 17.2 Å². The predicted octanol–water partition coefficient (Wildman–Crippen LogP) is 3.38. The Morgan fingerprint density at radius 1 is 1.21 bits per heavy atom. The van der Waals surface area contributed by atoms with E-state index in [9.17, 15) is 4.79 Å². The average Bonchev–Trinajstić information content (AvgIpc) is 3.47. The van der Waals surface area contributed by atoms with Crippen molar-refractivity contribution in [3.05, 3.63) is 36.7 Å². The SMILES string of the molecule is COc1ccc2oc(-c3cnc(N)c4cnc(NC(=O)C5CC5)cc34)nc2c1. The number of amides is 1. The number of nitrogens with zero attached hydrogens (tertiary/aromatic N) is 3. The van der Waals surface area contributed by atoms with Gasteiger partial charge < -0.3 is 20.2 Å². The van der Waals surface area contributed by atoms with E-state index in [0.717, 1.165) is 18.2 Å². The molecule has 140 valence electrons. The van der Waals surface area contributed by atoms with Crippen LogP contribution in [0.25, 0.3) is 33.3 Å². The molecule has 0 aliphatic heterocycles. The molecule has 1 fully saturated rings. The third-order valence-corrected chi connectivity index (χ3v) is 4.83. The summed E-state index contributed by atoms with van der Waals surface area (Å²) < 4.78 is 11.2. The molecule has 1 amide bonds. The average molecular weight is 375 g/mol. The van der Waals surface area contributed by atoms with Gasteiger partial charge in [-0.05, 0) is 31.0 Å². The lowest BCUT2D eigenvalue weighted by molar-refractivity contribution is -0.117. The summed E-state index contributed by atoms with van der Waals surface area (Å²) in [6.07, 6.45) is 5.07. The number of hydrogen-bond acceptors (Lipinski definition) is 7. The summed E-state index contributed by atoms with van der Waals surface area (Å²) in [5.74, 6) is 2.00. The molecule has 5 rings (SSSR count). The maximum Gasteiger partial charge on any atom is 0.229 e. The molecule has 0 radical (unpaired) electrons. The first-order valence-corrected chi connectivity index (χ1v) is 8.92. The monoisotopic (exact) mass is 375 g/mol. The lowest BCUT2D eigenvalue weighted by Gasteiger charge is -2.08. The van der Waals surface area contributed by atoms with Gasteiger partial charge in [-0.2, -0.15) is 0 Å². The number of hydrogen-bond donors (Lipinski definition) is 2. The van der Waals surface area contributed by atoms with Crippen LogP contribution in [-0.4, -0.2) is 28.0 Å². The lowest BCUT2D eigenvalue weighted by Crippen LogP contribution is -2.14. The summed E-state index contributed by atoms with van der Waals surface area (Å²) in [5.41, 5.74) is 8.00. The van der Waals surface area contributed by atoms with Crippen LogP contribution in [-0.2, 0) is 4.79 Å². The van der Waals surface area contributed by atoms with Crippen molar-refractivity contribution in [1.29, 1.82) is 0 Å². The largest absolute Gasteiger partial charge is 0.497 e. The number of aromatic nitrogens is 3. The molecule has 0 unspecified atom stereocenters. The fraction of sp³-hybridized carbons (Fsp3) is 0.200. The number of nitrogens with one attached hydrogen (secondary N) is 1. The second kappa shape index (κ2) is 6.19. The van der Waals surface area contributed by atoms with Crippen LogP contribution < -0.4 is 15.8 Å². The number of anilines is 2. The Kier molecular flexibility index (Phi) is 3.65. The van der Waals surface area contributed by atoms with Gasteiger partial charge in [-0.1, -0.05) is 0 Å². The van der Waals surface area contributed by atoms with E-state index in [1.165, 1.54) is 0 Å². The molecule has 3 N–H and O–H groups in total. The number of pyridine rings is 2. The molecule has 0 spiro atoms. The number of rotatable bonds is 4. The highest BCUT2D eigenvalue weighted by atomic mass is 16.5. The summed E-state index contributed by atoms with van der Waals surface area (Å²) in [6, 6.07) is 7.20. The molecule has 0 bridgehead atoms. The summed E-state index contributed by atoms with van der Waals surface area (Å²) in [7, 11) is 1.60. The standard InChI is InChI=1S/C20H17N5O3/c1-27-11-4-5-16-15(6-11)24-20(28-16)14-9-23-18(21)13-8-22-17(7-12(13)14)25-19(26)10-2-3-10/h4-10H,2-3H2,1H3,(H2,21,23)(H,22,25,26). The summed E-state index contributed by atoms with van der Waals surface area (Å²) >= 11 is 0. The normalized spacial score (nSPS) is 13.8. The van der Waals surface area contributed by atoms with Crippen LogP contribution in [0.4, 0.5) is 11.6 Å². The van der Waals surface area contributed by atoms with Gasteiger partial charge in [0.1, 0.15) is 22.9 Å². The van der Waals surface area contributed by atoms with Gasteiger partial charge >= 0.3 is 0 Å². The number of benzene rings is 1. The number of fused-ring (bicyclic) bond motifs is 2. The molecular weight excluding hydrogens is 358 g/mol. The van der Waals surface area contributed by atoms with Gasteiger partial charge in [-0.25, -0.2) is 15.0 Å². The maximum absolute atomic E-state index is 12.1. The van der Waals surface area contributed by atoms with Crippen LogP contribution >= 0.6 is 0 Å². The molecule has 8 heteroatoms. The Morgan fingerprint density at radius 3 is 2.86 bits per heavy atom.